The van der Waals surface area contributed by atoms with Crippen molar-refractivity contribution in [1.29, 1.82) is 0 Å². The molecular formula is C21H16F5P. The Morgan fingerprint density at radius 3 is 1.89 bits per heavy atom. The Kier molecular flexibility index (Phi) is 6.20. The van der Waals surface area contributed by atoms with Crippen LogP contribution in [0.4, 0.5) is 22.0 Å². The van der Waals surface area contributed by atoms with Gasteiger partial charge in [-0.15, -0.1) is 0 Å². The zero-order valence-electron chi connectivity index (χ0n) is 14.3. The average Bonchev–Trinajstić information content (AvgIpc) is 3.10. The third-order valence-corrected chi connectivity index (χ3v) is 6.75. The van der Waals surface area contributed by atoms with E-state index in [0.29, 0.717) is 0 Å². The number of hydrogen-bond donors (Lipinski definition) is 0. The lowest BCUT2D eigenvalue weighted by molar-refractivity contribution is -0.137. The quantitative estimate of drug-likeness (QED) is 0.429. The van der Waals surface area contributed by atoms with Crippen LogP contribution in [0.5, 0.6) is 0 Å². The summed E-state index contributed by atoms with van der Waals surface area (Å²) in [6, 6.07) is 11.1. The Balaban J connectivity index is 1.99. The second-order valence-electron chi connectivity index (χ2n) is 5.93. The highest BCUT2D eigenvalue weighted by Gasteiger charge is 2.37. The summed E-state index contributed by atoms with van der Waals surface area (Å²) >= 11 is 0. The largest absolute Gasteiger partial charge is 0.416 e. The van der Waals surface area contributed by atoms with E-state index in [1.807, 2.05) is 32.6 Å². The predicted octanol–water partition coefficient (Wildman–Crippen LogP) is 6.03. The van der Waals surface area contributed by atoms with E-state index in [-0.39, 0.29) is 5.56 Å². The molecule has 140 valence electrons. The standard InChI is InChI=1S/C21H16F5P/c1-2-14-4-3-5-19(14)27(17-10-6-15(7-11-17)20(22)23)18-12-8-16(9-13-18)21(24,25)26/h2-13,20H,1H3. The fraction of sp³-hybridized carbons (Fsp3) is 0.143. The summed E-state index contributed by atoms with van der Waals surface area (Å²) in [5.41, 5.74) is 0.196. The summed E-state index contributed by atoms with van der Waals surface area (Å²) in [7, 11) is -1.16. The highest BCUT2D eigenvalue weighted by molar-refractivity contribution is 7.76. The van der Waals surface area contributed by atoms with E-state index >= 15 is 0 Å². The SMILES string of the molecule is C[CH][C]1[CH][CH][CH][C]1P(c1ccc(C(F)F)cc1)c1ccc(C(F)(F)F)cc1. The molecule has 6 heteroatoms. The summed E-state index contributed by atoms with van der Waals surface area (Å²) in [6.45, 7) is 1.89. The molecule has 1 aliphatic rings. The minimum Gasteiger partial charge on any atom is -0.205 e. The second kappa shape index (κ2) is 8.26. The van der Waals surface area contributed by atoms with E-state index < -0.39 is 26.1 Å². The first-order valence-electron chi connectivity index (χ1n) is 8.22. The molecule has 0 saturated heterocycles. The minimum absolute atomic E-state index is 0.0779. The van der Waals surface area contributed by atoms with Crippen molar-refractivity contribution in [2.24, 2.45) is 0 Å². The molecule has 0 bridgehead atoms. The summed E-state index contributed by atoms with van der Waals surface area (Å²) in [4.78, 5) is 0. The summed E-state index contributed by atoms with van der Waals surface area (Å²) in [5.74, 6) is 0.985. The zero-order valence-corrected chi connectivity index (χ0v) is 15.2. The number of alkyl halides is 5. The number of halogens is 5. The van der Waals surface area contributed by atoms with Crippen LogP contribution in [0.1, 0.15) is 24.5 Å². The zero-order chi connectivity index (χ0) is 19.6. The van der Waals surface area contributed by atoms with Crippen molar-refractivity contribution in [3.05, 3.63) is 96.9 Å². The lowest BCUT2D eigenvalue weighted by Gasteiger charge is -2.29. The van der Waals surface area contributed by atoms with Crippen molar-refractivity contribution in [3.63, 3.8) is 0 Å². The van der Waals surface area contributed by atoms with Gasteiger partial charge in [-0.3, -0.25) is 0 Å². The van der Waals surface area contributed by atoms with Gasteiger partial charge in [0, 0.05) is 11.2 Å². The molecule has 0 spiro atoms. The number of benzene rings is 2. The molecule has 0 heterocycles. The molecule has 0 aromatic heterocycles. The van der Waals surface area contributed by atoms with Gasteiger partial charge in [-0.2, -0.15) is 13.2 Å². The molecular weight excluding hydrogens is 378 g/mol. The summed E-state index contributed by atoms with van der Waals surface area (Å²) in [6.07, 6.45) is 0.722. The van der Waals surface area contributed by atoms with Crippen LogP contribution in [0.15, 0.2) is 48.5 Å². The van der Waals surface area contributed by atoms with E-state index in [4.69, 9.17) is 0 Å². The van der Waals surface area contributed by atoms with Crippen molar-refractivity contribution < 1.29 is 22.0 Å². The first-order valence-corrected chi connectivity index (χ1v) is 9.56. The van der Waals surface area contributed by atoms with Gasteiger partial charge in [0.2, 0.25) is 0 Å². The van der Waals surface area contributed by atoms with Crippen molar-refractivity contribution in [1.82, 2.24) is 0 Å². The maximum atomic E-state index is 12.9. The molecule has 1 unspecified atom stereocenters. The van der Waals surface area contributed by atoms with Gasteiger partial charge in [0.25, 0.3) is 6.43 Å². The van der Waals surface area contributed by atoms with Crippen LogP contribution in [0.3, 0.4) is 0 Å². The molecule has 27 heavy (non-hydrogen) atoms. The maximum Gasteiger partial charge on any atom is 0.416 e. The lowest BCUT2D eigenvalue weighted by Crippen LogP contribution is -2.20. The van der Waals surface area contributed by atoms with E-state index in [9.17, 15) is 22.0 Å². The Morgan fingerprint density at radius 2 is 1.41 bits per heavy atom. The molecule has 1 aliphatic carbocycles. The third kappa shape index (κ3) is 4.51. The topological polar surface area (TPSA) is 0 Å². The molecule has 1 fully saturated rings. The number of rotatable bonds is 5. The summed E-state index contributed by atoms with van der Waals surface area (Å²) in [5, 5.41) is 1.54. The van der Waals surface area contributed by atoms with Gasteiger partial charge in [-0.05, 0) is 62.3 Å². The van der Waals surface area contributed by atoms with Crippen LogP contribution in [-0.2, 0) is 6.18 Å². The Bertz CT molecular complexity index is 737. The van der Waals surface area contributed by atoms with E-state index in [1.165, 1.54) is 24.3 Å². The minimum atomic E-state index is -4.40. The van der Waals surface area contributed by atoms with E-state index in [1.54, 1.807) is 12.1 Å². The van der Waals surface area contributed by atoms with Crippen LogP contribution < -0.4 is 10.6 Å². The average molecular weight is 394 g/mol. The normalized spacial score (nSPS) is 17.6. The van der Waals surface area contributed by atoms with Gasteiger partial charge in [-0.25, -0.2) is 8.78 Å². The molecule has 3 rings (SSSR count). The molecule has 0 N–H and O–H groups in total. The molecule has 0 nitrogen and oxygen atoms in total. The van der Waals surface area contributed by atoms with Gasteiger partial charge in [-0.1, -0.05) is 43.3 Å². The van der Waals surface area contributed by atoms with Crippen LogP contribution in [0.25, 0.3) is 0 Å². The van der Waals surface area contributed by atoms with Crippen LogP contribution >= 0.6 is 7.92 Å². The molecule has 2 aromatic rings. The van der Waals surface area contributed by atoms with Gasteiger partial charge in [0.15, 0.2) is 0 Å². The number of hydrogen-bond acceptors (Lipinski definition) is 0. The highest BCUT2D eigenvalue weighted by atomic mass is 31.1. The van der Waals surface area contributed by atoms with Crippen molar-refractivity contribution in [2.45, 2.75) is 19.5 Å². The Morgan fingerprint density at radius 1 is 0.852 bits per heavy atom. The Labute approximate surface area is 157 Å². The van der Waals surface area contributed by atoms with Crippen molar-refractivity contribution in [2.75, 3.05) is 0 Å². The second-order valence-corrected chi connectivity index (χ2v) is 8.11. The van der Waals surface area contributed by atoms with Gasteiger partial charge in [0.05, 0.1) is 5.56 Å². The van der Waals surface area contributed by atoms with Crippen LogP contribution in [0, 0.1) is 37.3 Å². The predicted molar refractivity (Wildman–Crippen MR) is 98.4 cm³/mol. The van der Waals surface area contributed by atoms with Gasteiger partial charge >= 0.3 is 6.18 Å². The lowest BCUT2D eigenvalue weighted by atomic mass is 10.1. The first-order chi connectivity index (χ1) is 12.8. The smallest absolute Gasteiger partial charge is 0.205 e. The maximum absolute atomic E-state index is 12.9. The van der Waals surface area contributed by atoms with Gasteiger partial charge in [0.1, 0.15) is 0 Å². The fourth-order valence-corrected chi connectivity index (χ4v) is 5.31. The molecule has 0 aliphatic heterocycles. The van der Waals surface area contributed by atoms with Crippen LogP contribution in [-0.4, -0.2) is 0 Å². The summed E-state index contributed by atoms with van der Waals surface area (Å²) < 4.78 is 64.4. The molecule has 1 atom stereocenters. The third-order valence-electron chi connectivity index (χ3n) is 4.23. The first kappa shape index (κ1) is 20.3. The fourth-order valence-electron chi connectivity index (χ4n) is 2.87. The molecule has 2 aromatic carbocycles. The van der Waals surface area contributed by atoms with Crippen molar-refractivity contribution >= 4 is 18.5 Å². The molecule has 0 amide bonds. The molecule has 6 radical (unpaired) electrons. The van der Waals surface area contributed by atoms with Gasteiger partial charge < -0.3 is 0 Å². The van der Waals surface area contributed by atoms with E-state index in [2.05, 4.69) is 0 Å². The monoisotopic (exact) mass is 394 g/mol. The highest BCUT2D eigenvalue weighted by Crippen LogP contribution is 2.56. The van der Waals surface area contributed by atoms with Crippen molar-refractivity contribution in [3.8, 4) is 0 Å². The van der Waals surface area contributed by atoms with E-state index in [0.717, 1.165) is 34.3 Å². The molecule has 1 saturated carbocycles. The van der Waals surface area contributed by atoms with Crippen LogP contribution in [0.2, 0.25) is 0 Å². The Hall–Kier alpha value is -1.48.